The van der Waals surface area contributed by atoms with Gasteiger partial charge in [-0.15, -0.1) is 0 Å². The summed E-state index contributed by atoms with van der Waals surface area (Å²) in [5.41, 5.74) is 6.31. The second-order valence-electron chi connectivity index (χ2n) is 7.60. The van der Waals surface area contributed by atoms with Gasteiger partial charge in [-0.25, -0.2) is 4.79 Å². The molecule has 1 N–H and O–H groups in total. The van der Waals surface area contributed by atoms with Crippen LogP contribution in [-0.4, -0.2) is 29.5 Å². The second kappa shape index (κ2) is 6.51. The number of nitrogens with zero attached hydrogens (tertiary/aromatic N) is 2. The Morgan fingerprint density at radius 1 is 1.18 bits per heavy atom. The normalized spacial score (nSPS) is 21.7. The quantitative estimate of drug-likeness (QED) is 0.748. The maximum absolute atomic E-state index is 11.5. The van der Waals surface area contributed by atoms with Crippen LogP contribution < -0.4 is 10.1 Å². The van der Waals surface area contributed by atoms with Crippen LogP contribution in [0, 0.1) is 0 Å². The molecule has 5 nitrogen and oxygen atoms in total. The average Bonchev–Trinajstić information content (AvgIpc) is 3.28. The molecule has 142 valence electrons. The van der Waals surface area contributed by atoms with Gasteiger partial charge in [0.25, 0.3) is 0 Å². The summed E-state index contributed by atoms with van der Waals surface area (Å²) in [7, 11) is 3.66. The molecule has 2 atom stereocenters. The zero-order chi connectivity index (χ0) is 19.3. The summed E-state index contributed by atoms with van der Waals surface area (Å²) in [5.74, 6) is 1.12. The lowest BCUT2D eigenvalue weighted by Gasteiger charge is -2.06. The van der Waals surface area contributed by atoms with Crippen molar-refractivity contribution in [3.63, 3.8) is 0 Å². The van der Waals surface area contributed by atoms with Crippen LogP contribution in [0.2, 0.25) is 0 Å². The number of fused-ring (bicyclic) bond motifs is 3. The maximum Gasteiger partial charge on any atom is 0.412 e. The third kappa shape index (κ3) is 2.78. The van der Waals surface area contributed by atoms with Gasteiger partial charge in [-0.05, 0) is 48.6 Å². The SMILES string of the molecule is CNC(=O)Oc1ccc2c(c1)c1c(n2C)C(=NC2CC2c2ccccc2)CC1. The number of carbonyl (C=O) groups is 1. The largest absolute Gasteiger partial charge is 0.412 e. The molecule has 1 saturated carbocycles. The first-order valence-corrected chi connectivity index (χ1v) is 9.78. The van der Waals surface area contributed by atoms with E-state index in [0.717, 1.165) is 30.2 Å². The van der Waals surface area contributed by atoms with Crippen molar-refractivity contribution < 1.29 is 9.53 Å². The van der Waals surface area contributed by atoms with Gasteiger partial charge in [0, 0.05) is 30.9 Å². The number of carbonyl (C=O) groups excluding carboxylic acids is 1. The summed E-state index contributed by atoms with van der Waals surface area (Å²) in [5, 5.41) is 3.64. The van der Waals surface area contributed by atoms with Crippen molar-refractivity contribution in [2.24, 2.45) is 12.0 Å². The zero-order valence-electron chi connectivity index (χ0n) is 16.1. The predicted octanol–water partition coefficient (Wildman–Crippen LogP) is 4.19. The van der Waals surface area contributed by atoms with Crippen LogP contribution >= 0.6 is 0 Å². The highest BCUT2D eigenvalue weighted by Crippen LogP contribution is 2.45. The summed E-state index contributed by atoms with van der Waals surface area (Å²) < 4.78 is 7.55. The number of amides is 1. The molecule has 0 radical (unpaired) electrons. The number of aryl methyl sites for hydroxylation is 2. The number of aromatic nitrogens is 1. The third-order valence-corrected chi connectivity index (χ3v) is 5.88. The van der Waals surface area contributed by atoms with Crippen LogP contribution in [0.1, 0.15) is 35.6 Å². The molecule has 0 saturated heterocycles. The Kier molecular flexibility index (Phi) is 3.97. The van der Waals surface area contributed by atoms with Gasteiger partial charge in [-0.1, -0.05) is 30.3 Å². The lowest BCUT2D eigenvalue weighted by Crippen LogP contribution is -2.21. The fourth-order valence-corrected chi connectivity index (χ4v) is 4.41. The monoisotopic (exact) mass is 373 g/mol. The Balaban J connectivity index is 1.47. The molecule has 2 aromatic carbocycles. The van der Waals surface area contributed by atoms with E-state index in [1.807, 2.05) is 18.2 Å². The molecule has 2 unspecified atom stereocenters. The van der Waals surface area contributed by atoms with E-state index in [-0.39, 0.29) is 0 Å². The van der Waals surface area contributed by atoms with Gasteiger partial charge in [0.05, 0.1) is 17.4 Å². The fraction of sp³-hybridized carbons (Fsp3) is 0.304. The van der Waals surface area contributed by atoms with Crippen molar-refractivity contribution in [3.05, 3.63) is 65.4 Å². The molecular weight excluding hydrogens is 350 g/mol. The maximum atomic E-state index is 11.5. The first-order chi connectivity index (χ1) is 13.7. The Morgan fingerprint density at radius 3 is 2.79 bits per heavy atom. The van der Waals surface area contributed by atoms with Gasteiger partial charge in [-0.3, -0.25) is 4.99 Å². The molecule has 5 rings (SSSR count). The topological polar surface area (TPSA) is 55.6 Å². The standard InChI is InChI=1S/C23H23N3O2/c1-24-23(27)28-15-8-11-21-18(12-15)16-9-10-19(22(16)26(21)2)25-20-13-17(20)14-6-4-3-5-7-14/h3-8,11-12,17,20H,9-10,13H2,1-2H3,(H,24,27). The predicted molar refractivity (Wildman–Crippen MR) is 110 cm³/mol. The Hall–Kier alpha value is -3.08. The van der Waals surface area contributed by atoms with Gasteiger partial charge in [0.1, 0.15) is 5.75 Å². The number of aliphatic imine (C=N–C) groups is 1. The smallest absolute Gasteiger partial charge is 0.410 e. The first-order valence-electron chi connectivity index (χ1n) is 9.78. The van der Waals surface area contributed by atoms with Gasteiger partial charge in [-0.2, -0.15) is 0 Å². The van der Waals surface area contributed by atoms with Gasteiger partial charge in [0.15, 0.2) is 0 Å². The molecule has 1 aromatic heterocycles. The van der Waals surface area contributed by atoms with Crippen LogP contribution in [0.4, 0.5) is 4.79 Å². The van der Waals surface area contributed by atoms with E-state index in [2.05, 4.69) is 47.3 Å². The summed E-state index contributed by atoms with van der Waals surface area (Å²) in [6, 6.07) is 16.9. The fourth-order valence-electron chi connectivity index (χ4n) is 4.41. The van der Waals surface area contributed by atoms with Crippen LogP contribution in [0.5, 0.6) is 5.75 Å². The highest BCUT2D eigenvalue weighted by molar-refractivity contribution is 6.09. The number of nitrogens with one attached hydrogen (secondary N) is 1. The molecule has 1 amide bonds. The first kappa shape index (κ1) is 17.0. The minimum atomic E-state index is -0.449. The van der Waals surface area contributed by atoms with E-state index in [4.69, 9.17) is 9.73 Å². The molecule has 3 aromatic rings. The van der Waals surface area contributed by atoms with Crippen molar-refractivity contribution in [2.75, 3.05) is 7.05 Å². The van der Waals surface area contributed by atoms with Crippen molar-refractivity contribution >= 4 is 22.7 Å². The summed E-state index contributed by atoms with van der Waals surface area (Å²) in [6.07, 6.45) is 2.65. The van der Waals surface area contributed by atoms with Crippen LogP contribution in [0.15, 0.2) is 53.5 Å². The highest BCUT2D eigenvalue weighted by atomic mass is 16.5. The van der Waals surface area contributed by atoms with Crippen molar-refractivity contribution in [1.29, 1.82) is 0 Å². The summed E-state index contributed by atoms with van der Waals surface area (Å²) in [4.78, 5) is 16.7. The molecule has 0 aliphatic heterocycles. The molecule has 1 fully saturated rings. The lowest BCUT2D eigenvalue weighted by molar-refractivity contribution is 0.203. The molecule has 28 heavy (non-hydrogen) atoms. The van der Waals surface area contributed by atoms with Gasteiger partial charge < -0.3 is 14.6 Å². The van der Waals surface area contributed by atoms with E-state index in [1.165, 1.54) is 22.5 Å². The van der Waals surface area contributed by atoms with E-state index in [1.54, 1.807) is 7.05 Å². The van der Waals surface area contributed by atoms with Crippen molar-refractivity contribution in [3.8, 4) is 5.75 Å². The van der Waals surface area contributed by atoms with E-state index < -0.39 is 6.09 Å². The molecule has 1 heterocycles. The van der Waals surface area contributed by atoms with E-state index in [9.17, 15) is 4.79 Å². The van der Waals surface area contributed by atoms with E-state index >= 15 is 0 Å². The molecule has 0 bridgehead atoms. The third-order valence-electron chi connectivity index (χ3n) is 5.88. The highest BCUT2D eigenvalue weighted by Gasteiger charge is 2.39. The summed E-state index contributed by atoms with van der Waals surface area (Å²) in [6.45, 7) is 0. The number of benzene rings is 2. The average molecular weight is 373 g/mol. The number of hydrogen-bond acceptors (Lipinski definition) is 3. The minimum Gasteiger partial charge on any atom is -0.410 e. The Labute approximate surface area is 164 Å². The lowest BCUT2D eigenvalue weighted by atomic mass is 10.1. The zero-order valence-corrected chi connectivity index (χ0v) is 16.1. The number of ether oxygens (including phenoxy) is 1. The molecule has 2 aliphatic carbocycles. The summed E-state index contributed by atoms with van der Waals surface area (Å²) >= 11 is 0. The molecule has 2 aliphatic rings. The van der Waals surface area contributed by atoms with Crippen LogP contribution in [0.3, 0.4) is 0 Å². The Bertz CT molecular complexity index is 1100. The van der Waals surface area contributed by atoms with Crippen molar-refractivity contribution in [1.82, 2.24) is 9.88 Å². The van der Waals surface area contributed by atoms with Gasteiger partial charge in [0.2, 0.25) is 0 Å². The molecule has 5 heteroatoms. The number of hydrogen-bond donors (Lipinski definition) is 1. The molecular formula is C23H23N3O2. The molecule has 0 spiro atoms. The van der Waals surface area contributed by atoms with Crippen molar-refractivity contribution in [2.45, 2.75) is 31.2 Å². The van der Waals surface area contributed by atoms with E-state index in [0.29, 0.717) is 17.7 Å². The van der Waals surface area contributed by atoms with Crippen LogP contribution in [-0.2, 0) is 13.5 Å². The van der Waals surface area contributed by atoms with Gasteiger partial charge >= 0.3 is 6.09 Å². The Morgan fingerprint density at radius 2 is 2.00 bits per heavy atom. The second-order valence-corrected chi connectivity index (χ2v) is 7.60. The van der Waals surface area contributed by atoms with Crippen LogP contribution in [0.25, 0.3) is 10.9 Å². The minimum absolute atomic E-state index is 0.397. The number of rotatable bonds is 3.